The average molecular weight is 457 g/mol. The molecule has 0 spiro atoms. The fourth-order valence-electron chi connectivity index (χ4n) is 4.43. The minimum absolute atomic E-state index is 0.188. The molecular weight excluding hydrogens is 424 g/mol. The number of carbonyl (C=O) groups excluding carboxylic acids is 2. The van der Waals surface area contributed by atoms with Crippen LogP contribution in [0.2, 0.25) is 0 Å². The Morgan fingerprint density at radius 3 is 1.88 bits per heavy atom. The van der Waals surface area contributed by atoms with Gasteiger partial charge in [0.1, 0.15) is 6.04 Å². The molecule has 1 unspecified atom stereocenters. The Hall–Kier alpha value is -2.51. The second-order valence-electron chi connectivity index (χ2n) is 9.68. The van der Waals surface area contributed by atoms with E-state index in [2.05, 4.69) is 0 Å². The van der Waals surface area contributed by atoms with Crippen LogP contribution in [0.15, 0.2) is 35.2 Å². The number of imide groups is 1. The number of hydrogen-bond acceptors (Lipinski definition) is 4. The molecule has 172 valence electrons. The Bertz CT molecular complexity index is 1170. The summed E-state index contributed by atoms with van der Waals surface area (Å²) in [6.45, 7) is 14.5. The monoisotopic (exact) mass is 456 g/mol. The lowest BCUT2D eigenvalue weighted by Gasteiger charge is -2.38. The summed E-state index contributed by atoms with van der Waals surface area (Å²) in [6, 6.07) is 7.93. The first kappa shape index (κ1) is 24.1. The topological polar surface area (TPSA) is 74.8 Å². The first-order valence-electron chi connectivity index (χ1n) is 10.7. The summed E-state index contributed by atoms with van der Waals surface area (Å²) in [7, 11) is -4.08. The van der Waals surface area contributed by atoms with E-state index in [0.717, 1.165) is 21.6 Å². The van der Waals surface area contributed by atoms with Crippen LogP contribution < -0.4 is 4.90 Å². The van der Waals surface area contributed by atoms with Gasteiger partial charge in [0, 0.05) is 5.54 Å². The predicted octanol–water partition coefficient (Wildman–Crippen LogP) is 4.35. The Kier molecular flexibility index (Phi) is 6.13. The lowest BCUT2D eigenvalue weighted by Crippen LogP contribution is -2.54. The van der Waals surface area contributed by atoms with Crippen molar-refractivity contribution in [2.24, 2.45) is 0 Å². The quantitative estimate of drug-likeness (QED) is 0.641. The first-order valence-corrected chi connectivity index (χ1v) is 12.2. The molecule has 1 atom stereocenters. The van der Waals surface area contributed by atoms with Crippen molar-refractivity contribution in [3.8, 4) is 0 Å². The van der Waals surface area contributed by atoms with Crippen molar-refractivity contribution in [3.05, 3.63) is 58.1 Å². The van der Waals surface area contributed by atoms with Gasteiger partial charge >= 0.3 is 0 Å². The number of sulfonamides is 1. The maximum Gasteiger partial charge on any atom is 0.252 e. The van der Waals surface area contributed by atoms with Crippen LogP contribution in [0.3, 0.4) is 0 Å². The molecule has 2 amide bonds. The van der Waals surface area contributed by atoms with Crippen molar-refractivity contribution >= 4 is 27.5 Å². The fourth-order valence-corrected chi connectivity index (χ4v) is 6.94. The molecule has 2 aromatic carbocycles. The summed E-state index contributed by atoms with van der Waals surface area (Å²) in [5.74, 6) is -0.917. The molecule has 0 bridgehead atoms. The Morgan fingerprint density at radius 1 is 0.906 bits per heavy atom. The van der Waals surface area contributed by atoms with E-state index < -0.39 is 33.4 Å². The van der Waals surface area contributed by atoms with E-state index in [1.807, 2.05) is 39.0 Å². The summed E-state index contributed by atoms with van der Waals surface area (Å²) >= 11 is 0. The molecule has 0 aliphatic carbocycles. The third kappa shape index (κ3) is 3.99. The molecule has 0 N–H and O–H groups in total. The van der Waals surface area contributed by atoms with Crippen LogP contribution in [0.5, 0.6) is 0 Å². The van der Waals surface area contributed by atoms with Crippen LogP contribution in [0.1, 0.15) is 55.0 Å². The minimum atomic E-state index is -4.08. The standard InChI is InChI=1S/C25H32N2O4S/c1-15-9-11-20(12-10-15)26-22(28)14-21(24(26)29)27(25(6,7)8)32(30,31)23-18(4)16(2)13-17(3)19(23)5/h9-13,21H,14H2,1-8H3. The van der Waals surface area contributed by atoms with Crippen molar-refractivity contribution in [3.63, 3.8) is 0 Å². The van der Waals surface area contributed by atoms with Gasteiger partial charge in [-0.1, -0.05) is 23.8 Å². The van der Waals surface area contributed by atoms with Gasteiger partial charge in [0.25, 0.3) is 5.91 Å². The van der Waals surface area contributed by atoms with Gasteiger partial charge in [-0.2, -0.15) is 4.31 Å². The Morgan fingerprint density at radius 2 is 1.41 bits per heavy atom. The molecular formula is C25H32N2O4S. The normalized spacial score (nSPS) is 17.5. The average Bonchev–Trinajstić information content (AvgIpc) is 2.93. The van der Waals surface area contributed by atoms with Crippen molar-refractivity contribution in [1.29, 1.82) is 0 Å². The van der Waals surface area contributed by atoms with Gasteiger partial charge in [-0.05, 0) is 89.8 Å². The van der Waals surface area contributed by atoms with Crippen LogP contribution in [-0.2, 0) is 19.6 Å². The fraction of sp³-hybridized carbons (Fsp3) is 0.440. The highest BCUT2D eigenvalue weighted by atomic mass is 32.2. The second kappa shape index (κ2) is 8.12. The van der Waals surface area contributed by atoms with E-state index >= 15 is 0 Å². The molecule has 0 aromatic heterocycles. The third-order valence-corrected chi connectivity index (χ3v) is 8.62. The lowest BCUT2D eigenvalue weighted by atomic mass is 10.0. The highest BCUT2D eigenvalue weighted by molar-refractivity contribution is 7.89. The molecule has 1 fully saturated rings. The summed E-state index contributed by atoms with van der Waals surface area (Å²) in [6.07, 6.45) is -0.188. The summed E-state index contributed by atoms with van der Waals surface area (Å²) in [5, 5.41) is 0. The number of hydrogen-bond donors (Lipinski definition) is 0. The molecule has 32 heavy (non-hydrogen) atoms. The molecule has 1 aliphatic rings. The van der Waals surface area contributed by atoms with E-state index in [1.165, 1.54) is 4.31 Å². The molecule has 1 aliphatic heterocycles. The number of anilines is 1. The Labute approximate surface area is 191 Å². The maximum absolute atomic E-state index is 14.1. The number of carbonyl (C=O) groups is 2. The summed E-state index contributed by atoms with van der Waals surface area (Å²) < 4.78 is 29.4. The van der Waals surface area contributed by atoms with Crippen LogP contribution in [0.25, 0.3) is 0 Å². The molecule has 7 heteroatoms. The van der Waals surface area contributed by atoms with E-state index in [0.29, 0.717) is 16.8 Å². The van der Waals surface area contributed by atoms with Crippen molar-refractivity contribution in [2.75, 3.05) is 4.90 Å². The molecule has 1 heterocycles. The number of nitrogens with zero attached hydrogens (tertiary/aromatic N) is 2. The van der Waals surface area contributed by atoms with Crippen molar-refractivity contribution in [1.82, 2.24) is 4.31 Å². The van der Waals surface area contributed by atoms with Crippen LogP contribution >= 0.6 is 0 Å². The summed E-state index contributed by atoms with van der Waals surface area (Å²) in [4.78, 5) is 27.7. The van der Waals surface area contributed by atoms with Crippen molar-refractivity contribution < 1.29 is 18.0 Å². The molecule has 1 saturated heterocycles. The van der Waals surface area contributed by atoms with Gasteiger partial charge in [-0.3, -0.25) is 9.59 Å². The van der Waals surface area contributed by atoms with E-state index in [9.17, 15) is 18.0 Å². The number of amides is 2. The Balaban J connectivity index is 2.16. The van der Waals surface area contributed by atoms with Gasteiger partial charge in [-0.15, -0.1) is 0 Å². The van der Waals surface area contributed by atoms with E-state index in [4.69, 9.17) is 0 Å². The van der Waals surface area contributed by atoms with Gasteiger partial charge in [0.15, 0.2) is 0 Å². The molecule has 0 radical (unpaired) electrons. The second-order valence-corrected chi connectivity index (χ2v) is 11.4. The van der Waals surface area contributed by atoms with Crippen LogP contribution in [0.4, 0.5) is 5.69 Å². The third-order valence-electron chi connectivity index (χ3n) is 6.17. The van der Waals surface area contributed by atoms with E-state index in [1.54, 1.807) is 46.8 Å². The minimum Gasteiger partial charge on any atom is -0.274 e. The highest BCUT2D eigenvalue weighted by Crippen LogP contribution is 2.37. The molecule has 6 nitrogen and oxygen atoms in total. The van der Waals surface area contributed by atoms with E-state index in [-0.39, 0.29) is 11.3 Å². The molecule has 3 rings (SSSR count). The molecule has 0 saturated carbocycles. The number of rotatable bonds is 4. The predicted molar refractivity (Wildman–Crippen MR) is 126 cm³/mol. The first-order chi connectivity index (χ1) is 14.7. The van der Waals surface area contributed by atoms with Crippen molar-refractivity contribution in [2.45, 2.75) is 78.3 Å². The highest BCUT2D eigenvalue weighted by Gasteiger charge is 2.51. The SMILES string of the molecule is Cc1ccc(N2C(=O)CC(N(C(C)(C)C)S(=O)(=O)c3c(C)c(C)cc(C)c3C)C2=O)cc1. The number of benzene rings is 2. The maximum atomic E-state index is 14.1. The zero-order valence-corrected chi connectivity index (χ0v) is 20.9. The van der Waals surface area contributed by atoms with Gasteiger partial charge in [-0.25, -0.2) is 13.3 Å². The van der Waals surface area contributed by atoms with Gasteiger partial charge in [0.05, 0.1) is 17.0 Å². The largest absolute Gasteiger partial charge is 0.274 e. The number of aryl methyl sites for hydroxylation is 3. The van der Waals surface area contributed by atoms with Gasteiger partial charge in [0.2, 0.25) is 15.9 Å². The smallest absolute Gasteiger partial charge is 0.252 e. The van der Waals surface area contributed by atoms with Crippen LogP contribution in [-0.4, -0.2) is 36.1 Å². The van der Waals surface area contributed by atoms with Crippen LogP contribution in [0, 0.1) is 34.6 Å². The summed E-state index contributed by atoms with van der Waals surface area (Å²) in [5.41, 5.74) is 3.61. The van der Waals surface area contributed by atoms with Gasteiger partial charge < -0.3 is 0 Å². The zero-order chi connectivity index (χ0) is 24.2. The lowest BCUT2D eigenvalue weighted by molar-refractivity contribution is -0.122. The molecule has 2 aromatic rings. The zero-order valence-electron chi connectivity index (χ0n) is 20.1.